The number of nitrogens with one attached hydrogen (secondary N) is 1. The van der Waals surface area contributed by atoms with Crippen LogP contribution in [0, 0.1) is 13.8 Å². The first-order valence-electron chi connectivity index (χ1n) is 9.77. The van der Waals surface area contributed by atoms with E-state index in [9.17, 15) is 19.2 Å². The molecule has 0 atom stereocenters. The lowest BCUT2D eigenvalue weighted by molar-refractivity contribution is -0.118. The summed E-state index contributed by atoms with van der Waals surface area (Å²) in [6, 6.07) is 0. The van der Waals surface area contributed by atoms with Crippen molar-refractivity contribution in [3.05, 3.63) is 38.5 Å². The summed E-state index contributed by atoms with van der Waals surface area (Å²) in [5.41, 5.74) is 3.86. The van der Waals surface area contributed by atoms with E-state index in [2.05, 4.69) is 4.98 Å². The Morgan fingerprint density at radius 3 is 2.43 bits per heavy atom. The maximum absolute atomic E-state index is 13.3. The summed E-state index contributed by atoms with van der Waals surface area (Å²) < 4.78 is 0. The molecule has 0 saturated heterocycles. The summed E-state index contributed by atoms with van der Waals surface area (Å²) in [4.78, 5) is 59.1. The van der Waals surface area contributed by atoms with Crippen molar-refractivity contribution >= 4 is 39.8 Å². The Hall–Kier alpha value is -2.94. The first kappa shape index (κ1) is 20.3. The number of rotatable bonds is 2. The number of aryl methyl sites for hydroxylation is 1. The van der Waals surface area contributed by atoms with Gasteiger partial charge in [-0.15, -0.1) is 11.3 Å². The monoisotopic (exact) mass is 428 g/mol. The van der Waals surface area contributed by atoms with E-state index in [1.807, 2.05) is 0 Å². The van der Waals surface area contributed by atoms with Crippen molar-refractivity contribution in [1.29, 1.82) is 0 Å². The van der Waals surface area contributed by atoms with Gasteiger partial charge in [-0.25, -0.2) is 0 Å². The van der Waals surface area contributed by atoms with Crippen molar-refractivity contribution in [2.75, 3.05) is 32.1 Å². The number of fused-ring (bicyclic) bond motifs is 3. The molecule has 0 aliphatic carbocycles. The summed E-state index contributed by atoms with van der Waals surface area (Å²) >= 11 is 1.41. The average Bonchev–Trinajstić information content (AvgIpc) is 3.20. The summed E-state index contributed by atoms with van der Waals surface area (Å²) in [6.07, 6.45) is 0.552. The van der Waals surface area contributed by atoms with Crippen LogP contribution < -0.4 is 4.90 Å². The van der Waals surface area contributed by atoms with Gasteiger partial charge in [0.15, 0.2) is 5.78 Å². The third kappa shape index (κ3) is 2.96. The van der Waals surface area contributed by atoms with Gasteiger partial charge in [-0.1, -0.05) is 0 Å². The fourth-order valence-corrected chi connectivity index (χ4v) is 5.62. The topological polar surface area (TPSA) is 93.8 Å². The van der Waals surface area contributed by atoms with E-state index in [0.717, 1.165) is 10.4 Å². The molecule has 0 radical (unpaired) electrons. The number of aromatic amines is 1. The third-order valence-electron chi connectivity index (χ3n) is 5.94. The van der Waals surface area contributed by atoms with E-state index in [0.29, 0.717) is 52.6 Å². The number of thiophene rings is 1. The molecule has 4 heterocycles. The summed E-state index contributed by atoms with van der Waals surface area (Å²) in [7, 11) is 3.32. The number of hydrogen-bond acceptors (Lipinski definition) is 5. The zero-order valence-electron chi connectivity index (χ0n) is 17.7. The van der Waals surface area contributed by atoms with Gasteiger partial charge in [0.2, 0.25) is 5.91 Å². The van der Waals surface area contributed by atoms with Crippen molar-refractivity contribution in [2.24, 2.45) is 0 Å². The van der Waals surface area contributed by atoms with Crippen molar-refractivity contribution in [3.8, 4) is 0 Å². The molecule has 8 nitrogen and oxygen atoms in total. The maximum Gasteiger partial charge on any atom is 0.257 e. The lowest BCUT2D eigenvalue weighted by Gasteiger charge is -2.28. The van der Waals surface area contributed by atoms with Crippen LogP contribution in [-0.2, 0) is 17.8 Å². The van der Waals surface area contributed by atoms with Gasteiger partial charge >= 0.3 is 0 Å². The Labute approximate surface area is 178 Å². The van der Waals surface area contributed by atoms with Crippen LogP contribution in [0.2, 0.25) is 0 Å². The number of Topliss-reactive ketones (excluding diaryl/α,β-unsaturated/α-hetero) is 1. The lowest BCUT2D eigenvalue weighted by atomic mass is 10.0. The smallest absolute Gasteiger partial charge is 0.257 e. The molecule has 1 N–H and O–H groups in total. The largest absolute Gasteiger partial charge is 0.355 e. The normalized spacial score (nSPS) is 16.5. The minimum atomic E-state index is -0.150. The van der Waals surface area contributed by atoms with Gasteiger partial charge in [0, 0.05) is 38.1 Å². The van der Waals surface area contributed by atoms with E-state index in [4.69, 9.17) is 0 Å². The number of aromatic nitrogens is 1. The van der Waals surface area contributed by atoms with Gasteiger partial charge in [-0.05, 0) is 31.4 Å². The number of hydrogen-bond donors (Lipinski definition) is 1. The predicted molar refractivity (Wildman–Crippen MR) is 113 cm³/mol. The standard InChI is InChI=1S/C21H24N4O4S/c1-10-16(11(2)22-18(10)12(3)26)20(29)25-7-6-13-14(8-25)30-21-17(13)19(28)23(4)9-15(27)24(21)5/h22H,6-9H2,1-5H3. The van der Waals surface area contributed by atoms with Crippen LogP contribution in [0.3, 0.4) is 0 Å². The summed E-state index contributed by atoms with van der Waals surface area (Å²) in [6.45, 7) is 5.97. The molecule has 4 rings (SSSR count). The number of nitrogens with zero attached hydrogens (tertiary/aromatic N) is 3. The Kier molecular flexibility index (Phi) is 4.80. The molecule has 0 bridgehead atoms. The maximum atomic E-state index is 13.3. The Morgan fingerprint density at radius 1 is 1.10 bits per heavy atom. The van der Waals surface area contributed by atoms with Crippen LogP contribution in [0.1, 0.15) is 59.8 Å². The predicted octanol–water partition coefficient (Wildman–Crippen LogP) is 2.14. The molecule has 2 aliphatic heterocycles. The van der Waals surface area contributed by atoms with Crippen LogP contribution in [0.15, 0.2) is 0 Å². The third-order valence-corrected chi connectivity index (χ3v) is 7.23. The van der Waals surface area contributed by atoms with Gasteiger partial charge in [0.05, 0.1) is 23.4 Å². The van der Waals surface area contributed by atoms with Gasteiger partial charge in [0.25, 0.3) is 11.8 Å². The highest BCUT2D eigenvalue weighted by atomic mass is 32.1. The molecule has 158 valence electrons. The van der Waals surface area contributed by atoms with Gasteiger partial charge in [0.1, 0.15) is 11.5 Å². The SMILES string of the molecule is CC(=O)c1[nH]c(C)c(C(=O)N2CCc3c(sc4c3C(=O)N(C)CC(=O)N4C)C2)c1C. The summed E-state index contributed by atoms with van der Waals surface area (Å²) in [5, 5.41) is 0.654. The van der Waals surface area contributed by atoms with Crippen LogP contribution in [0.5, 0.6) is 0 Å². The van der Waals surface area contributed by atoms with Crippen molar-refractivity contribution < 1.29 is 19.2 Å². The van der Waals surface area contributed by atoms with E-state index in [-0.39, 0.29) is 30.0 Å². The van der Waals surface area contributed by atoms with Gasteiger partial charge < -0.3 is 19.7 Å². The molecule has 0 unspecified atom stereocenters. The number of carbonyl (C=O) groups excluding carboxylic acids is 4. The highest BCUT2D eigenvalue weighted by Gasteiger charge is 2.36. The first-order chi connectivity index (χ1) is 14.1. The molecule has 0 fully saturated rings. The molecule has 0 saturated carbocycles. The molecule has 2 aromatic rings. The highest BCUT2D eigenvalue weighted by Crippen LogP contribution is 2.41. The molecule has 30 heavy (non-hydrogen) atoms. The van der Waals surface area contributed by atoms with Crippen LogP contribution in [0.25, 0.3) is 0 Å². The van der Waals surface area contributed by atoms with Gasteiger partial charge in [-0.3, -0.25) is 19.2 Å². The molecular weight excluding hydrogens is 404 g/mol. The second-order valence-corrected chi connectivity index (χ2v) is 9.04. The van der Waals surface area contributed by atoms with Gasteiger partial charge in [-0.2, -0.15) is 0 Å². The Bertz CT molecular complexity index is 1110. The number of carbonyl (C=O) groups is 4. The Balaban J connectivity index is 1.69. The number of ketones is 1. The van der Waals surface area contributed by atoms with Crippen LogP contribution >= 0.6 is 11.3 Å². The van der Waals surface area contributed by atoms with E-state index >= 15 is 0 Å². The molecular formula is C21H24N4O4S. The quantitative estimate of drug-likeness (QED) is 0.742. The van der Waals surface area contributed by atoms with Crippen molar-refractivity contribution in [3.63, 3.8) is 0 Å². The van der Waals surface area contributed by atoms with Crippen molar-refractivity contribution in [2.45, 2.75) is 33.7 Å². The Morgan fingerprint density at radius 2 is 1.80 bits per heavy atom. The van der Waals surface area contributed by atoms with E-state index < -0.39 is 0 Å². The van der Waals surface area contributed by atoms with Crippen molar-refractivity contribution in [1.82, 2.24) is 14.8 Å². The average molecular weight is 429 g/mol. The van der Waals surface area contributed by atoms with E-state index in [1.54, 1.807) is 37.7 Å². The fraction of sp³-hybridized carbons (Fsp3) is 0.429. The lowest BCUT2D eigenvalue weighted by Crippen LogP contribution is -2.37. The molecule has 2 aliphatic rings. The number of H-pyrrole nitrogens is 1. The van der Waals surface area contributed by atoms with Crippen LogP contribution in [-0.4, -0.2) is 65.5 Å². The minimum absolute atomic E-state index is 0.0562. The zero-order chi connectivity index (χ0) is 21.9. The molecule has 0 aromatic carbocycles. The fourth-order valence-electron chi connectivity index (χ4n) is 4.29. The number of amides is 3. The highest BCUT2D eigenvalue weighted by molar-refractivity contribution is 7.17. The molecule has 2 aromatic heterocycles. The van der Waals surface area contributed by atoms with E-state index in [1.165, 1.54) is 23.2 Å². The second kappa shape index (κ2) is 7.09. The first-order valence-corrected chi connectivity index (χ1v) is 10.6. The second-order valence-electron chi connectivity index (χ2n) is 7.96. The number of anilines is 1. The molecule has 9 heteroatoms. The summed E-state index contributed by atoms with van der Waals surface area (Å²) in [5.74, 6) is -0.515. The molecule has 3 amide bonds. The zero-order valence-corrected chi connectivity index (χ0v) is 18.5. The minimum Gasteiger partial charge on any atom is -0.355 e. The van der Waals surface area contributed by atoms with Crippen LogP contribution in [0.4, 0.5) is 5.00 Å². The molecule has 0 spiro atoms. The number of likely N-dealkylation sites (N-methyl/N-ethyl adjacent to an activating group) is 2.